The fourth-order valence-corrected chi connectivity index (χ4v) is 4.55. The molecule has 1 unspecified atom stereocenters. The summed E-state index contributed by atoms with van der Waals surface area (Å²) < 4.78 is 28.8. The lowest BCUT2D eigenvalue weighted by molar-refractivity contribution is 0.540. The molecule has 21 heavy (non-hydrogen) atoms. The van der Waals surface area contributed by atoms with Crippen molar-refractivity contribution >= 4 is 37.3 Å². The fourth-order valence-electron chi connectivity index (χ4n) is 2.08. The van der Waals surface area contributed by atoms with Crippen LogP contribution in [-0.4, -0.2) is 8.42 Å². The van der Waals surface area contributed by atoms with E-state index in [0.717, 1.165) is 27.8 Å². The topological polar surface area (TPSA) is 46.2 Å². The zero-order valence-electron chi connectivity index (χ0n) is 12.0. The summed E-state index contributed by atoms with van der Waals surface area (Å²) in [6, 6.07) is 8.83. The second-order valence-corrected chi connectivity index (χ2v) is 8.44. The summed E-state index contributed by atoms with van der Waals surface area (Å²) in [6.45, 7) is 3.94. The van der Waals surface area contributed by atoms with Gasteiger partial charge in [0, 0.05) is 9.35 Å². The average molecular weight is 388 g/mol. The van der Waals surface area contributed by atoms with Crippen molar-refractivity contribution in [3.63, 3.8) is 0 Å². The summed E-state index contributed by atoms with van der Waals surface area (Å²) in [7, 11) is -3.51. The Balaban J connectivity index is 2.28. The van der Waals surface area contributed by atoms with Crippen molar-refractivity contribution in [3.8, 4) is 0 Å². The van der Waals surface area contributed by atoms with E-state index in [0.29, 0.717) is 4.90 Å². The number of hydrogen-bond acceptors (Lipinski definition) is 3. The highest BCUT2D eigenvalue weighted by molar-refractivity contribution is 9.10. The van der Waals surface area contributed by atoms with Gasteiger partial charge >= 0.3 is 0 Å². The van der Waals surface area contributed by atoms with E-state index in [4.69, 9.17) is 0 Å². The van der Waals surface area contributed by atoms with Crippen LogP contribution < -0.4 is 4.72 Å². The molecule has 0 aliphatic carbocycles. The molecule has 2 rings (SSSR count). The molecule has 6 heteroatoms. The molecular formula is C15H18BrNO2S2. The number of benzene rings is 1. The molecular weight excluding hydrogens is 370 g/mol. The molecule has 0 saturated heterocycles. The first kappa shape index (κ1) is 16.7. The summed E-state index contributed by atoms with van der Waals surface area (Å²) >= 11 is 4.97. The zero-order chi connectivity index (χ0) is 15.5. The van der Waals surface area contributed by atoms with Crippen LogP contribution in [0.2, 0.25) is 0 Å². The van der Waals surface area contributed by atoms with Gasteiger partial charge in [-0.05, 0) is 48.6 Å². The summed E-state index contributed by atoms with van der Waals surface area (Å²) in [5, 5.41) is 1.97. The molecule has 0 spiro atoms. The largest absolute Gasteiger partial charge is 0.241 e. The van der Waals surface area contributed by atoms with E-state index >= 15 is 0 Å². The van der Waals surface area contributed by atoms with Crippen LogP contribution >= 0.6 is 27.3 Å². The average Bonchev–Trinajstić information content (AvgIpc) is 2.95. The fraction of sp³-hybridized carbons (Fsp3) is 0.333. The Morgan fingerprint density at radius 2 is 2.10 bits per heavy atom. The lowest BCUT2D eigenvalue weighted by Gasteiger charge is -2.17. The van der Waals surface area contributed by atoms with Crippen LogP contribution in [0, 0.1) is 6.92 Å². The lowest BCUT2D eigenvalue weighted by atomic mass is 10.1. The molecule has 1 atom stereocenters. The standard InChI is InChI=1S/C15H18BrNO2S2/c1-3-5-14(15-6-4-9-20-15)17-21(18,19)12-7-8-13(16)11(2)10-12/h4,6-10,14,17H,3,5H2,1-2H3. The van der Waals surface area contributed by atoms with Crippen LogP contribution in [0.3, 0.4) is 0 Å². The highest BCUT2D eigenvalue weighted by Crippen LogP contribution is 2.26. The molecule has 0 aliphatic heterocycles. The van der Waals surface area contributed by atoms with Gasteiger partial charge in [-0.2, -0.15) is 0 Å². The molecule has 1 aromatic carbocycles. The number of halogens is 1. The molecule has 0 bridgehead atoms. The van der Waals surface area contributed by atoms with Crippen LogP contribution in [0.25, 0.3) is 0 Å². The third-order valence-electron chi connectivity index (χ3n) is 3.20. The van der Waals surface area contributed by atoms with Crippen molar-refractivity contribution < 1.29 is 8.42 Å². The molecule has 0 amide bonds. The number of hydrogen-bond donors (Lipinski definition) is 1. The monoisotopic (exact) mass is 387 g/mol. The SMILES string of the molecule is CCCC(NS(=O)(=O)c1ccc(Br)c(C)c1)c1cccs1. The molecule has 1 aromatic heterocycles. The first-order chi connectivity index (χ1) is 9.94. The summed E-state index contributed by atoms with van der Waals surface area (Å²) in [4.78, 5) is 1.36. The quantitative estimate of drug-likeness (QED) is 0.784. The smallest absolute Gasteiger partial charge is 0.207 e. The van der Waals surface area contributed by atoms with Gasteiger partial charge in [0.2, 0.25) is 10.0 Å². The van der Waals surface area contributed by atoms with Crippen LogP contribution in [0.1, 0.15) is 36.2 Å². The van der Waals surface area contributed by atoms with E-state index in [1.165, 1.54) is 0 Å². The molecule has 114 valence electrons. The van der Waals surface area contributed by atoms with Crippen molar-refractivity contribution in [1.82, 2.24) is 4.72 Å². The summed E-state index contributed by atoms with van der Waals surface area (Å²) in [5.41, 5.74) is 0.904. The third-order valence-corrected chi connectivity index (χ3v) is 6.55. The van der Waals surface area contributed by atoms with E-state index in [1.54, 1.807) is 29.5 Å². The zero-order valence-corrected chi connectivity index (χ0v) is 15.2. The first-order valence-electron chi connectivity index (χ1n) is 6.76. The summed E-state index contributed by atoms with van der Waals surface area (Å²) in [5.74, 6) is 0. The predicted molar refractivity (Wildman–Crippen MR) is 91.2 cm³/mol. The van der Waals surface area contributed by atoms with E-state index in [1.807, 2.05) is 24.4 Å². The molecule has 3 nitrogen and oxygen atoms in total. The van der Waals surface area contributed by atoms with E-state index < -0.39 is 10.0 Å². The molecule has 1 N–H and O–H groups in total. The molecule has 0 radical (unpaired) electrons. The van der Waals surface area contributed by atoms with Gasteiger partial charge in [0.1, 0.15) is 0 Å². The molecule has 0 aliphatic rings. The Morgan fingerprint density at radius 1 is 1.33 bits per heavy atom. The van der Waals surface area contributed by atoms with Gasteiger partial charge in [-0.1, -0.05) is 35.3 Å². The second kappa shape index (κ2) is 7.05. The van der Waals surface area contributed by atoms with E-state index in [2.05, 4.69) is 27.6 Å². The van der Waals surface area contributed by atoms with Crippen molar-refractivity contribution in [1.29, 1.82) is 0 Å². The van der Waals surface area contributed by atoms with Gasteiger partial charge in [0.05, 0.1) is 10.9 Å². The normalized spacial score (nSPS) is 13.3. The maximum absolute atomic E-state index is 12.6. The van der Waals surface area contributed by atoms with Crippen LogP contribution in [0.5, 0.6) is 0 Å². The Labute approximate surface area is 138 Å². The van der Waals surface area contributed by atoms with Gasteiger partial charge in [-0.25, -0.2) is 13.1 Å². The molecule has 2 aromatic rings. The predicted octanol–water partition coefficient (Wildman–Crippen LogP) is 4.64. The second-order valence-electron chi connectivity index (χ2n) is 4.89. The maximum atomic E-state index is 12.6. The summed E-state index contributed by atoms with van der Waals surface area (Å²) in [6.07, 6.45) is 1.71. The van der Waals surface area contributed by atoms with Crippen LogP contribution in [0.4, 0.5) is 0 Å². The Hall–Kier alpha value is -0.690. The lowest BCUT2D eigenvalue weighted by Crippen LogP contribution is -2.28. The number of rotatable bonds is 6. The minimum Gasteiger partial charge on any atom is -0.207 e. The van der Waals surface area contributed by atoms with Gasteiger partial charge in [-0.3, -0.25) is 0 Å². The van der Waals surface area contributed by atoms with Crippen molar-refractivity contribution in [2.24, 2.45) is 0 Å². The molecule has 0 saturated carbocycles. The highest BCUT2D eigenvalue weighted by Gasteiger charge is 2.21. The number of aryl methyl sites for hydroxylation is 1. The van der Waals surface area contributed by atoms with Crippen LogP contribution in [-0.2, 0) is 10.0 Å². The minimum atomic E-state index is -3.51. The Bertz CT molecular complexity index is 696. The number of thiophene rings is 1. The van der Waals surface area contributed by atoms with E-state index in [9.17, 15) is 8.42 Å². The van der Waals surface area contributed by atoms with Crippen LogP contribution in [0.15, 0.2) is 45.1 Å². The minimum absolute atomic E-state index is 0.163. The van der Waals surface area contributed by atoms with E-state index in [-0.39, 0.29) is 6.04 Å². The van der Waals surface area contributed by atoms with Gasteiger partial charge in [-0.15, -0.1) is 11.3 Å². The Kier molecular flexibility index (Phi) is 5.60. The van der Waals surface area contributed by atoms with Gasteiger partial charge in [0.25, 0.3) is 0 Å². The molecule has 0 fully saturated rings. The van der Waals surface area contributed by atoms with Crippen molar-refractivity contribution in [2.45, 2.75) is 37.6 Å². The number of sulfonamides is 1. The highest BCUT2D eigenvalue weighted by atomic mass is 79.9. The van der Waals surface area contributed by atoms with Gasteiger partial charge < -0.3 is 0 Å². The number of nitrogens with one attached hydrogen (secondary N) is 1. The van der Waals surface area contributed by atoms with Gasteiger partial charge in [0.15, 0.2) is 0 Å². The Morgan fingerprint density at radius 3 is 2.67 bits per heavy atom. The first-order valence-corrected chi connectivity index (χ1v) is 9.91. The maximum Gasteiger partial charge on any atom is 0.241 e. The molecule has 1 heterocycles. The third kappa shape index (κ3) is 4.16. The van der Waals surface area contributed by atoms with Crippen molar-refractivity contribution in [3.05, 3.63) is 50.6 Å². The van der Waals surface area contributed by atoms with Crippen molar-refractivity contribution in [2.75, 3.05) is 0 Å².